The standard InChI is InChI=1S/C18H28N2O4.ClH/c1-18(19)9-5-4-6-14(18)17(22)20-11-15(21)13-10-12(23-2)7-8-16(13)24-3;/h7-8,10,14-15,21H,4-6,9,11,19H2,1-3H3,(H,20,22);1H. The second kappa shape index (κ2) is 9.27. The van der Waals surface area contributed by atoms with Crippen molar-refractivity contribution in [1.82, 2.24) is 5.32 Å². The molecule has 6 nitrogen and oxygen atoms in total. The van der Waals surface area contributed by atoms with Crippen molar-refractivity contribution in [2.24, 2.45) is 11.7 Å². The molecule has 0 aromatic heterocycles. The summed E-state index contributed by atoms with van der Waals surface area (Å²) in [6.45, 7) is 2.03. The average Bonchev–Trinajstić information content (AvgIpc) is 2.58. The zero-order valence-electron chi connectivity index (χ0n) is 15.1. The Morgan fingerprint density at radius 1 is 1.40 bits per heavy atom. The molecule has 25 heavy (non-hydrogen) atoms. The van der Waals surface area contributed by atoms with Gasteiger partial charge in [0.15, 0.2) is 0 Å². The van der Waals surface area contributed by atoms with Gasteiger partial charge in [-0.3, -0.25) is 4.79 Å². The predicted octanol–water partition coefficient (Wildman–Crippen LogP) is 2.18. The number of halogens is 1. The molecule has 1 aliphatic carbocycles. The molecule has 0 aliphatic heterocycles. The molecular formula is C18H29ClN2O4. The second-order valence-corrected chi connectivity index (χ2v) is 6.67. The maximum Gasteiger partial charge on any atom is 0.225 e. The highest BCUT2D eigenvalue weighted by Crippen LogP contribution is 2.32. The Bertz CT molecular complexity index is 580. The zero-order chi connectivity index (χ0) is 17.7. The third-order valence-corrected chi connectivity index (χ3v) is 4.84. The summed E-state index contributed by atoms with van der Waals surface area (Å²) in [7, 11) is 3.10. The number of benzene rings is 1. The topological polar surface area (TPSA) is 93.8 Å². The summed E-state index contributed by atoms with van der Waals surface area (Å²) in [4.78, 5) is 12.5. The lowest BCUT2D eigenvalue weighted by Gasteiger charge is -2.37. The first-order chi connectivity index (χ1) is 11.4. The van der Waals surface area contributed by atoms with E-state index in [1.54, 1.807) is 32.4 Å². The number of carbonyl (C=O) groups excluding carboxylic acids is 1. The van der Waals surface area contributed by atoms with Crippen LogP contribution in [0.1, 0.15) is 44.3 Å². The van der Waals surface area contributed by atoms with Gasteiger partial charge in [-0.05, 0) is 38.0 Å². The predicted molar refractivity (Wildman–Crippen MR) is 99.3 cm³/mol. The summed E-state index contributed by atoms with van der Waals surface area (Å²) in [6.07, 6.45) is 2.82. The van der Waals surface area contributed by atoms with Gasteiger partial charge < -0.3 is 25.6 Å². The van der Waals surface area contributed by atoms with Crippen LogP contribution in [0.3, 0.4) is 0 Å². The largest absolute Gasteiger partial charge is 0.497 e. The van der Waals surface area contributed by atoms with E-state index < -0.39 is 11.6 Å². The van der Waals surface area contributed by atoms with Crippen molar-refractivity contribution in [1.29, 1.82) is 0 Å². The molecule has 142 valence electrons. The van der Waals surface area contributed by atoms with Crippen LogP contribution >= 0.6 is 12.4 Å². The van der Waals surface area contributed by atoms with Crippen LogP contribution < -0.4 is 20.5 Å². The van der Waals surface area contributed by atoms with Gasteiger partial charge in [0.1, 0.15) is 11.5 Å². The fourth-order valence-electron chi connectivity index (χ4n) is 3.32. The fourth-order valence-corrected chi connectivity index (χ4v) is 3.32. The van der Waals surface area contributed by atoms with Gasteiger partial charge in [0.05, 0.1) is 26.2 Å². The maximum atomic E-state index is 12.5. The van der Waals surface area contributed by atoms with Crippen molar-refractivity contribution in [2.45, 2.75) is 44.2 Å². The molecule has 0 heterocycles. The molecule has 0 bridgehead atoms. The van der Waals surface area contributed by atoms with Gasteiger partial charge >= 0.3 is 0 Å². The smallest absolute Gasteiger partial charge is 0.225 e. The molecule has 1 amide bonds. The van der Waals surface area contributed by atoms with Crippen LogP contribution in [0.2, 0.25) is 0 Å². The van der Waals surface area contributed by atoms with E-state index in [0.717, 1.165) is 25.7 Å². The number of hydrogen-bond donors (Lipinski definition) is 3. The average molecular weight is 373 g/mol. The minimum atomic E-state index is -0.883. The zero-order valence-corrected chi connectivity index (χ0v) is 15.9. The van der Waals surface area contributed by atoms with Crippen molar-refractivity contribution in [3.05, 3.63) is 23.8 Å². The lowest BCUT2D eigenvalue weighted by molar-refractivity contribution is -0.128. The maximum absolute atomic E-state index is 12.5. The lowest BCUT2D eigenvalue weighted by atomic mass is 9.74. The van der Waals surface area contributed by atoms with Gasteiger partial charge in [-0.2, -0.15) is 0 Å². The molecule has 1 aliphatic rings. The highest BCUT2D eigenvalue weighted by molar-refractivity contribution is 5.85. The van der Waals surface area contributed by atoms with Crippen LogP contribution in [0.4, 0.5) is 0 Å². The van der Waals surface area contributed by atoms with Crippen molar-refractivity contribution >= 4 is 18.3 Å². The minimum absolute atomic E-state index is 0. The Hall–Kier alpha value is -1.50. The van der Waals surface area contributed by atoms with Crippen LogP contribution in [-0.2, 0) is 4.79 Å². The summed E-state index contributed by atoms with van der Waals surface area (Å²) in [5.74, 6) is 0.864. The third-order valence-electron chi connectivity index (χ3n) is 4.84. The molecule has 0 radical (unpaired) electrons. The van der Waals surface area contributed by atoms with Crippen molar-refractivity contribution in [3.8, 4) is 11.5 Å². The molecule has 0 saturated heterocycles. The Labute approximate surface area is 155 Å². The Kier molecular flexibility index (Phi) is 7.99. The molecular weight excluding hydrogens is 344 g/mol. The van der Waals surface area contributed by atoms with Gasteiger partial charge in [0.25, 0.3) is 0 Å². The van der Waals surface area contributed by atoms with Crippen molar-refractivity contribution < 1.29 is 19.4 Å². The highest BCUT2D eigenvalue weighted by atomic mass is 35.5. The number of aliphatic hydroxyl groups is 1. The number of hydrogen-bond acceptors (Lipinski definition) is 5. The SMILES string of the molecule is COc1ccc(OC)c(C(O)CNC(=O)C2CCCCC2(C)N)c1.Cl. The van der Waals surface area contributed by atoms with Crippen LogP contribution in [0.15, 0.2) is 18.2 Å². The molecule has 1 saturated carbocycles. The number of ether oxygens (including phenoxy) is 2. The first-order valence-electron chi connectivity index (χ1n) is 8.35. The number of amides is 1. The normalized spacial score (nSPS) is 24.0. The molecule has 1 fully saturated rings. The number of rotatable bonds is 6. The number of aliphatic hydroxyl groups excluding tert-OH is 1. The quantitative estimate of drug-likeness (QED) is 0.711. The van der Waals surface area contributed by atoms with Crippen LogP contribution in [0.5, 0.6) is 11.5 Å². The second-order valence-electron chi connectivity index (χ2n) is 6.67. The van der Waals surface area contributed by atoms with Crippen molar-refractivity contribution in [3.63, 3.8) is 0 Å². The van der Waals surface area contributed by atoms with E-state index in [0.29, 0.717) is 17.1 Å². The molecule has 7 heteroatoms. The molecule has 0 spiro atoms. The minimum Gasteiger partial charge on any atom is -0.497 e. The number of methoxy groups -OCH3 is 2. The van der Waals surface area contributed by atoms with E-state index in [4.69, 9.17) is 15.2 Å². The summed E-state index contributed by atoms with van der Waals surface area (Å²) in [6, 6.07) is 5.20. The molecule has 1 aromatic rings. The highest BCUT2D eigenvalue weighted by Gasteiger charge is 2.37. The monoisotopic (exact) mass is 372 g/mol. The molecule has 1 aromatic carbocycles. The van der Waals surface area contributed by atoms with Crippen molar-refractivity contribution in [2.75, 3.05) is 20.8 Å². The Morgan fingerprint density at radius 2 is 2.12 bits per heavy atom. The number of carbonyl (C=O) groups is 1. The van der Waals surface area contributed by atoms with E-state index >= 15 is 0 Å². The van der Waals surface area contributed by atoms with Gasteiger partial charge in [-0.25, -0.2) is 0 Å². The number of nitrogens with two attached hydrogens (primary N) is 1. The third kappa shape index (κ3) is 5.23. The lowest BCUT2D eigenvalue weighted by Crippen LogP contribution is -2.53. The summed E-state index contributed by atoms with van der Waals surface area (Å²) < 4.78 is 10.5. The van der Waals surface area contributed by atoms with E-state index in [1.807, 2.05) is 6.92 Å². The van der Waals surface area contributed by atoms with Crippen LogP contribution in [-0.4, -0.2) is 37.3 Å². The molecule has 3 unspecified atom stereocenters. The van der Waals surface area contributed by atoms with E-state index in [1.165, 1.54) is 0 Å². The van der Waals surface area contributed by atoms with Gasteiger partial charge in [-0.15, -0.1) is 12.4 Å². The first-order valence-corrected chi connectivity index (χ1v) is 8.35. The van der Waals surface area contributed by atoms with Crippen LogP contribution in [0.25, 0.3) is 0 Å². The number of nitrogens with one attached hydrogen (secondary N) is 1. The Balaban J connectivity index is 0.00000312. The van der Waals surface area contributed by atoms with E-state index in [2.05, 4.69) is 5.32 Å². The molecule has 4 N–H and O–H groups in total. The van der Waals surface area contributed by atoms with Gasteiger partial charge in [0, 0.05) is 17.6 Å². The van der Waals surface area contributed by atoms with Gasteiger partial charge in [-0.1, -0.05) is 12.8 Å². The van der Waals surface area contributed by atoms with E-state index in [-0.39, 0.29) is 30.8 Å². The molecule has 2 rings (SSSR count). The van der Waals surface area contributed by atoms with Crippen LogP contribution in [0, 0.1) is 5.92 Å². The summed E-state index contributed by atoms with van der Waals surface area (Å²) >= 11 is 0. The fraction of sp³-hybridized carbons (Fsp3) is 0.611. The van der Waals surface area contributed by atoms with E-state index in [9.17, 15) is 9.90 Å². The summed E-state index contributed by atoms with van der Waals surface area (Å²) in [5.41, 5.74) is 6.36. The summed E-state index contributed by atoms with van der Waals surface area (Å²) in [5, 5.41) is 13.3. The molecule has 3 atom stereocenters. The first kappa shape index (κ1) is 21.5. The Morgan fingerprint density at radius 3 is 2.72 bits per heavy atom. The van der Waals surface area contributed by atoms with Gasteiger partial charge in [0.2, 0.25) is 5.91 Å².